The van der Waals surface area contributed by atoms with Crippen LogP contribution in [0.2, 0.25) is 0 Å². The van der Waals surface area contributed by atoms with Crippen LogP contribution in [0.15, 0.2) is 0 Å². The molecular formula is C15H24ClF4NS2. The summed E-state index contributed by atoms with van der Waals surface area (Å²) in [6.07, 6.45) is -3.28. The van der Waals surface area contributed by atoms with Crippen molar-refractivity contribution in [2.75, 3.05) is 6.54 Å². The minimum atomic E-state index is -4.29. The smallest absolute Gasteiger partial charge is 0.247 e. The van der Waals surface area contributed by atoms with E-state index in [1.807, 2.05) is 6.92 Å². The van der Waals surface area contributed by atoms with Crippen molar-refractivity contribution in [2.24, 2.45) is 11.8 Å². The van der Waals surface area contributed by atoms with Crippen LogP contribution in [0, 0.1) is 11.8 Å². The minimum Gasteiger partial charge on any atom is -0.247 e. The molecule has 4 unspecified atom stereocenters. The summed E-state index contributed by atoms with van der Waals surface area (Å²) in [6, 6.07) is -1.49. The average Bonchev–Trinajstić information content (AvgIpc) is 2.77. The Labute approximate surface area is 149 Å². The maximum Gasteiger partial charge on any atom is 0.405 e. The second-order valence-corrected chi connectivity index (χ2v) is 10.1. The van der Waals surface area contributed by atoms with E-state index in [-0.39, 0.29) is 22.1 Å². The van der Waals surface area contributed by atoms with E-state index in [0.717, 1.165) is 6.42 Å². The molecule has 1 saturated heterocycles. The number of alkyl halides is 5. The SMILES string of the molecule is CCN(SC1CC(C)C(Cl)S1)C(C1CCC(F)CC1)C(F)(F)F. The molecule has 136 valence electrons. The van der Waals surface area contributed by atoms with Crippen molar-refractivity contribution >= 4 is 35.3 Å². The molecule has 1 nitrogen and oxygen atoms in total. The molecular weight excluding hydrogens is 370 g/mol. The zero-order chi connectivity index (χ0) is 17.2. The van der Waals surface area contributed by atoms with Gasteiger partial charge in [-0.05, 0) is 43.9 Å². The maximum absolute atomic E-state index is 13.7. The average molecular weight is 394 g/mol. The van der Waals surface area contributed by atoms with Gasteiger partial charge in [0.05, 0.1) is 9.29 Å². The van der Waals surface area contributed by atoms with Crippen molar-refractivity contribution in [3.63, 3.8) is 0 Å². The summed E-state index contributed by atoms with van der Waals surface area (Å²) in [4.78, 5) is 0. The van der Waals surface area contributed by atoms with Gasteiger partial charge in [0.1, 0.15) is 12.2 Å². The lowest BCUT2D eigenvalue weighted by Crippen LogP contribution is -2.48. The second-order valence-electron chi connectivity index (χ2n) is 6.47. The van der Waals surface area contributed by atoms with Crippen LogP contribution >= 0.6 is 35.3 Å². The molecule has 1 aliphatic heterocycles. The van der Waals surface area contributed by atoms with Gasteiger partial charge in [0.25, 0.3) is 0 Å². The molecule has 23 heavy (non-hydrogen) atoms. The van der Waals surface area contributed by atoms with Crippen molar-refractivity contribution in [2.45, 2.75) is 73.6 Å². The molecule has 0 aromatic carbocycles. The van der Waals surface area contributed by atoms with Gasteiger partial charge in [-0.2, -0.15) is 13.2 Å². The number of hydrogen-bond donors (Lipinski definition) is 0. The normalized spacial score (nSPS) is 37.3. The fourth-order valence-corrected chi connectivity index (χ4v) is 7.26. The standard InChI is InChI=1S/C15H24ClF4NS2/c1-3-21(23-12-8-9(2)14(16)22-12)13(15(18,19)20)10-4-6-11(17)7-5-10/h9-14H,3-8H2,1-2H3. The van der Waals surface area contributed by atoms with Crippen LogP contribution in [0.3, 0.4) is 0 Å². The number of thioether (sulfide) groups is 1. The van der Waals surface area contributed by atoms with Crippen molar-refractivity contribution in [1.82, 2.24) is 4.31 Å². The first-order valence-corrected chi connectivity index (χ1v) is 10.4. The largest absolute Gasteiger partial charge is 0.405 e. The monoisotopic (exact) mass is 393 g/mol. The van der Waals surface area contributed by atoms with Gasteiger partial charge in [0.15, 0.2) is 0 Å². The third kappa shape index (κ3) is 5.32. The zero-order valence-corrected chi connectivity index (χ0v) is 15.7. The molecule has 4 atom stereocenters. The minimum absolute atomic E-state index is 0.0301. The highest BCUT2D eigenvalue weighted by Gasteiger charge is 2.49. The molecule has 0 aromatic rings. The van der Waals surface area contributed by atoms with Crippen LogP contribution in [0.25, 0.3) is 0 Å². The van der Waals surface area contributed by atoms with Gasteiger partial charge in [-0.1, -0.05) is 25.8 Å². The first-order valence-electron chi connectivity index (χ1n) is 8.16. The molecule has 1 heterocycles. The van der Waals surface area contributed by atoms with E-state index < -0.39 is 24.3 Å². The predicted molar refractivity (Wildman–Crippen MR) is 91.5 cm³/mol. The molecule has 2 fully saturated rings. The molecule has 1 saturated carbocycles. The van der Waals surface area contributed by atoms with E-state index in [1.165, 1.54) is 16.3 Å². The molecule has 2 rings (SSSR count). The second kappa shape index (κ2) is 8.37. The van der Waals surface area contributed by atoms with Crippen LogP contribution in [-0.2, 0) is 0 Å². The van der Waals surface area contributed by atoms with Crippen LogP contribution < -0.4 is 0 Å². The molecule has 0 bridgehead atoms. The van der Waals surface area contributed by atoms with Crippen molar-refractivity contribution in [1.29, 1.82) is 0 Å². The lowest BCUT2D eigenvalue weighted by molar-refractivity contribution is -0.186. The van der Waals surface area contributed by atoms with Crippen LogP contribution in [0.4, 0.5) is 17.6 Å². The summed E-state index contributed by atoms with van der Waals surface area (Å²) in [6.45, 7) is 4.11. The highest BCUT2D eigenvalue weighted by molar-refractivity contribution is 8.17. The van der Waals surface area contributed by atoms with Gasteiger partial charge in [0, 0.05) is 6.54 Å². The Balaban J connectivity index is 2.06. The summed E-state index contributed by atoms with van der Waals surface area (Å²) in [5.41, 5.74) is 0. The molecule has 2 aliphatic rings. The number of rotatable bonds is 5. The first kappa shape index (κ1) is 20.0. The Morgan fingerprint density at radius 3 is 2.30 bits per heavy atom. The third-order valence-electron chi connectivity index (χ3n) is 4.65. The Kier molecular flexibility index (Phi) is 7.27. The van der Waals surface area contributed by atoms with Gasteiger partial charge in [-0.25, -0.2) is 8.70 Å². The van der Waals surface area contributed by atoms with Gasteiger partial charge in [-0.3, -0.25) is 0 Å². The summed E-state index contributed by atoms with van der Waals surface area (Å²) >= 11 is 9.02. The van der Waals surface area contributed by atoms with Gasteiger partial charge in [-0.15, -0.1) is 23.4 Å². The van der Waals surface area contributed by atoms with Crippen molar-refractivity contribution in [3.05, 3.63) is 0 Å². The van der Waals surface area contributed by atoms with E-state index in [0.29, 0.717) is 25.3 Å². The van der Waals surface area contributed by atoms with E-state index >= 15 is 0 Å². The fourth-order valence-electron chi connectivity index (χ4n) is 3.36. The van der Waals surface area contributed by atoms with E-state index in [9.17, 15) is 17.6 Å². The number of halogens is 5. The zero-order valence-electron chi connectivity index (χ0n) is 13.4. The first-order chi connectivity index (χ1) is 10.7. The molecule has 0 aromatic heterocycles. The molecule has 0 N–H and O–H groups in total. The van der Waals surface area contributed by atoms with Gasteiger partial charge >= 0.3 is 6.18 Å². The third-order valence-corrected chi connectivity index (χ3v) is 8.39. The predicted octanol–water partition coefficient (Wildman–Crippen LogP) is 6.08. The Hall–Kier alpha value is 0.670. The van der Waals surface area contributed by atoms with E-state index in [2.05, 4.69) is 0 Å². The highest BCUT2D eigenvalue weighted by Crippen LogP contribution is 2.49. The Bertz CT molecular complexity index is 367. The molecule has 0 spiro atoms. The lowest BCUT2D eigenvalue weighted by atomic mass is 9.82. The highest BCUT2D eigenvalue weighted by atomic mass is 35.5. The van der Waals surface area contributed by atoms with Gasteiger partial charge in [0.2, 0.25) is 0 Å². The van der Waals surface area contributed by atoms with Crippen molar-refractivity contribution < 1.29 is 17.6 Å². The maximum atomic E-state index is 13.7. The van der Waals surface area contributed by atoms with Crippen molar-refractivity contribution in [3.8, 4) is 0 Å². The Morgan fingerprint density at radius 2 is 1.87 bits per heavy atom. The summed E-state index contributed by atoms with van der Waals surface area (Å²) in [5, 5.41) is 0. The molecule has 0 radical (unpaired) electrons. The fraction of sp³-hybridized carbons (Fsp3) is 1.00. The molecule has 8 heteroatoms. The summed E-state index contributed by atoms with van der Waals surface area (Å²) < 4.78 is 55.9. The van der Waals surface area contributed by atoms with E-state index in [1.54, 1.807) is 18.7 Å². The van der Waals surface area contributed by atoms with Crippen LogP contribution in [-0.4, -0.2) is 38.5 Å². The number of nitrogens with zero attached hydrogens (tertiary/aromatic N) is 1. The van der Waals surface area contributed by atoms with Crippen LogP contribution in [0.5, 0.6) is 0 Å². The molecule has 1 aliphatic carbocycles. The van der Waals surface area contributed by atoms with Crippen LogP contribution in [0.1, 0.15) is 46.0 Å². The quantitative estimate of drug-likeness (QED) is 0.316. The molecule has 0 amide bonds. The summed E-state index contributed by atoms with van der Waals surface area (Å²) in [5.74, 6) is -0.200. The lowest BCUT2D eigenvalue weighted by Gasteiger charge is -2.39. The van der Waals surface area contributed by atoms with E-state index in [4.69, 9.17) is 11.6 Å². The van der Waals surface area contributed by atoms with Gasteiger partial charge < -0.3 is 0 Å². The Morgan fingerprint density at radius 1 is 1.26 bits per heavy atom. The number of hydrogen-bond acceptors (Lipinski definition) is 3. The summed E-state index contributed by atoms with van der Waals surface area (Å²) in [7, 11) is 0. The topological polar surface area (TPSA) is 3.24 Å².